The summed E-state index contributed by atoms with van der Waals surface area (Å²) in [5.74, 6) is 0. The van der Waals surface area contributed by atoms with Gasteiger partial charge in [-0.25, -0.2) is 0 Å². The van der Waals surface area contributed by atoms with Crippen molar-refractivity contribution in [2.24, 2.45) is 0 Å². The summed E-state index contributed by atoms with van der Waals surface area (Å²) in [7, 11) is 0. The monoisotopic (exact) mass is 603 g/mol. The first-order chi connectivity index (χ1) is 22.8. The van der Waals surface area contributed by atoms with Crippen molar-refractivity contribution in [2.45, 2.75) is 9.79 Å². The average Bonchev–Trinajstić information content (AvgIpc) is 3.75. The van der Waals surface area contributed by atoms with Gasteiger partial charge in [-0.2, -0.15) is 0 Å². The highest BCUT2D eigenvalue weighted by Crippen LogP contribution is 2.51. The fraction of sp³-hybridized carbons (Fsp3) is 0. The third-order valence-electron chi connectivity index (χ3n) is 9.79. The molecule has 4 heterocycles. The van der Waals surface area contributed by atoms with Crippen molar-refractivity contribution >= 4 is 77.2 Å². The van der Waals surface area contributed by atoms with Gasteiger partial charge in [-0.15, -0.1) is 0 Å². The number of hydrogen-bond donors (Lipinski definition) is 0. The highest BCUT2D eigenvalue weighted by atomic mass is 32.2. The maximum Gasteiger partial charge on any atom is 0.0688 e. The summed E-state index contributed by atoms with van der Waals surface area (Å²) in [4.78, 5) is 2.58. The minimum absolute atomic E-state index is 1.15. The summed E-state index contributed by atoms with van der Waals surface area (Å²) in [5.41, 5.74) is 11.0. The maximum absolute atomic E-state index is 2.49. The summed E-state index contributed by atoms with van der Waals surface area (Å²) in [6, 6.07) is 55.6. The minimum atomic E-state index is 1.15. The van der Waals surface area contributed by atoms with Crippen LogP contribution in [0.5, 0.6) is 0 Å². The van der Waals surface area contributed by atoms with Crippen molar-refractivity contribution in [3.63, 3.8) is 0 Å². The summed E-state index contributed by atoms with van der Waals surface area (Å²) in [6.45, 7) is 0. The Morgan fingerprint density at radius 3 is 1.52 bits per heavy atom. The van der Waals surface area contributed by atoms with E-state index in [4.69, 9.17) is 0 Å². The molecule has 0 aliphatic carbocycles. The molecule has 0 spiro atoms. The zero-order valence-electron chi connectivity index (χ0n) is 24.7. The Morgan fingerprint density at radius 1 is 0.348 bits per heavy atom. The van der Waals surface area contributed by atoms with E-state index in [1.54, 1.807) is 0 Å². The predicted octanol–water partition coefficient (Wildman–Crippen LogP) is 11.4. The number of fused-ring (bicyclic) bond motifs is 12. The largest absolute Gasteiger partial charge is 0.309 e. The first-order valence-electron chi connectivity index (χ1n) is 15.7. The zero-order valence-corrected chi connectivity index (χ0v) is 25.5. The van der Waals surface area contributed by atoms with E-state index >= 15 is 0 Å². The molecule has 0 saturated carbocycles. The van der Waals surface area contributed by atoms with Crippen molar-refractivity contribution in [1.82, 2.24) is 13.7 Å². The third kappa shape index (κ3) is 3.09. The van der Waals surface area contributed by atoms with E-state index in [1.807, 2.05) is 11.8 Å². The fourth-order valence-electron chi connectivity index (χ4n) is 8.00. The second kappa shape index (κ2) is 8.94. The minimum Gasteiger partial charge on any atom is -0.309 e. The van der Waals surface area contributed by atoms with Gasteiger partial charge in [0.05, 0.1) is 38.8 Å². The predicted molar refractivity (Wildman–Crippen MR) is 194 cm³/mol. The Labute approximate surface area is 268 Å². The standard InChI is InChI=1S/C42H25N3S/c1-5-18-32-28(14-1)29-15-2-6-19-33(29)43(32)26-12-11-13-27(24-26)44-34-20-7-3-16-30(34)40-37(44)25-39-42-41(40)31-17-4-8-21-35(31)45(42)36-22-9-10-23-38(36)46-39/h1-25H. The van der Waals surface area contributed by atoms with Crippen LogP contribution in [-0.2, 0) is 0 Å². The lowest BCUT2D eigenvalue weighted by atomic mass is 10.1. The molecule has 46 heavy (non-hydrogen) atoms. The van der Waals surface area contributed by atoms with E-state index in [-0.39, 0.29) is 0 Å². The molecule has 0 atom stereocenters. The number of hydrogen-bond acceptors (Lipinski definition) is 1. The topological polar surface area (TPSA) is 14.8 Å². The molecule has 3 aromatic heterocycles. The van der Waals surface area contributed by atoms with Gasteiger partial charge in [-0.3, -0.25) is 0 Å². The Bertz CT molecular complexity index is 2850. The van der Waals surface area contributed by atoms with Gasteiger partial charge in [-0.05, 0) is 60.7 Å². The number of benzene rings is 7. The van der Waals surface area contributed by atoms with Crippen LogP contribution in [0, 0.1) is 0 Å². The van der Waals surface area contributed by atoms with Crippen molar-refractivity contribution in [3.8, 4) is 17.1 Å². The number of rotatable bonds is 2. The van der Waals surface area contributed by atoms with E-state index in [0.29, 0.717) is 0 Å². The summed E-state index contributed by atoms with van der Waals surface area (Å²) in [6.07, 6.45) is 0. The molecule has 1 aliphatic heterocycles. The van der Waals surface area contributed by atoms with E-state index in [9.17, 15) is 0 Å². The van der Waals surface area contributed by atoms with Gasteiger partial charge in [-0.1, -0.05) is 103 Å². The third-order valence-corrected chi connectivity index (χ3v) is 10.9. The lowest BCUT2D eigenvalue weighted by molar-refractivity contribution is 1.09. The number of aromatic nitrogens is 3. The van der Waals surface area contributed by atoms with Gasteiger partial charge in [0.2, 0.25) is 0 Å². The van der Waals surface area contributed by atoms with Crippen molar-refractivity contribution < 1.29 is 0 Å². The van der Waals surface area contributed by atoms with Crippen LogP contribution in [0.2, 0.25) is 0 Å². The molecule has 214 valence electrons. The second-order valence-corrected chi connectivity index (χ2v) is 13.2. The van der Waals surface area contributed by atoms with Gasteiger partial charge in [0.15, 0.2) is 0 Å². The van der Waals surface area contributed by atoms with Gasteiger partial charge in [0.1, 0.15) is 0 Å². The van der Waals surface area contributed by atoms with Crippen LogP contribution in [0.1, 0.15) is 0 Å². The van der Waals surface area contributed by atoms with Crippen LogP contribution in [0.15, 0.2) is 161 Å². The molecule has 1 aliphatic rings. The van der Waals surface area contributed by atoms with Crippen LogP contribution in [-0.4, -0.2) is 13.7 Å². The first kappa shape index (κ1) is 24.6. The average molecular weight is 604 g/mol. The van der Waals surface area contributed by atoms with E-state index < -0.39 is 0 Å². The summed E-state index contributed by atoms with van der Waals surface area (Å²) < 4.78 is 7.37. The smallest absolute Gasteiger partial charge is 0.0688 e. The molecule has 0 fully saturated rings. The Morgan fingerprint density at radius 2 is 0.848 bits per heavy atom. The van der Waals surface area contributed by atoms with Crippen molar-refractivity contribution in [1.29, 1.82) is 0 Å². The highest BCUT2D eigenvalue weighted by Gasteiger charge is 2.27. The SMILES string of the molecule is c1cc(-n2c3ccccc3c3ccccc32)cc(-n2c3ccccc3c3c4c5ccccc5n5c4c(cc32)Sc2ccccc2-5)c1. The summed E-state index contributed by atoms with van der Waals surface area (Å²) >= 11 is 1.88. The van der Waals surface area contributed by atoms with Gasteiger partial charge in [0.25, 0.3) is 0 Å². The van der Waals surface area contributed by atoms with E-state index in [0.717, 1.165) is 11.4 Å². The fourth-order valence-corrected chi connectivity index (χ4v) is 9.11. The first-order valence-corrected chi connectivity index (χ1v) is 16.5. The highest BCUT2D eigenvalue weighted by molar-refractivity contribution is 7.99. The number of para-hydroxylation sites is 5. The lowest BCUT2D eigenvalue weighted by Crippen LogP contribution is -2.02. The molecule has 0 radical (unpaired) electrons. The molecule has 11 rings (SSSR count). The van der Waals surface area contributed by atoms with Crippen LogP contribution in [0.3, 0.4) is 0 Å². The molecule has 0 unspecified atom stereocenters. The van der Waals surface area contributed by atoms with Crippen LogP contribution >= 0.6 is 11.8 Å². The molecule has 0 N–H and O–H groups in total. The zero-order chi connectivity index (χ0) is 29.9. The molecular weight excluding hydrogens is 579 g/mol. The molecule has 0 amide bonds. The van der Waals surface area contributed by atoms with Gasteiger partial charge < -0.3 is 13.7 Å². The second-order valence-electron chi connectivity index (χ2n) is 12.2. The van der Waals surface area contributed by atoms with E-state index in [1.165, 1.54) is 80.9 Å². The summed E-state index contributed by atoms with van der Waals surface area (Å²) in [5, 5.41) is 7.76. The van der Waals surface area contributed by atoms with Crippen molar-refractivity contribution in [2.75, 3.05) is 0 Å². The molecule has 10 aromatic rings. The maximum atomic E-state index is 2.49. The van der Waals surface area contributed by atoms with Crippen molar-refractivity contribution in [3.05, 3.63) is 152 Å². The van der Waals surface area contributed by atoms with Crippen LogP contribution < -0.4 is 0 Å². The molecule has 4 heteroatoms. The molecule has 0 saturated heterocycles. The molecule has 0 bridgehead atoms. The Balaban J connectivity index is 1.27. The van der Waals surface area contributed by atoms with Crippen LogP contribution in [0.4, 0.5) is 0 Å². The Hall–Kier alpha value is -5.71. The quantitative estimate of drug-likeness (QED) is 0.192. The van der Waals surface area contributed by atoms with Gasteiger partial charge in [0, 0.05) is 53.5 Å². The van der Waals surface area contributed by atoms with Crippen LogP contribution in [0.25, 0.3) is 82.5 Å². The number of nitrogens with zero attached hydrogens (tertiary/aromatic N) is 3. The normalized spacial score (nSPS) is 12.7. The molecule has 3 nitrogen and oxygen atoms in total. The Kier molecular flexibility index (Phi) is 4.78. The molecular formula is C42H25N3S. The molecule has 7 aromatic carbocycles. The van der Waals surface area contributed by atoms with E-state index in [2.05, 4.69) is 165 Å². The van der Waals surface area contributed by atoms with Gasteiger partial charge >= 0.3 is 0 Å². The lowest BCUT2D eigenvalue weighted by Gasteiger charge is -2.20.